The molecule has 1 amide bonds. The molecule has 1 heterocycles. The van der Waals surface area contributed by atoms with E-state index >= 15 is 0 Å². The van der Waals surface area contributed by atoms with Gasteiger partial charge in [0.15, 0.2) is 0 Å². The molecule has 1 N–H and O–H groups in total. The number of thiocarbonyl (C=S) groups is 1. The summed E-state index contributed by atoms with van der Waals surface area (Å²) in [7, 11) is 0. The zero-order valence-corrected chi connectivity index (χ0v) is 19.3. The van der Waals surface area contributed by atoms with E-state index in [4.69, 9.17) is 45.3 Å². The number of carbonyl (C=O) groups is 2. The van der Waals surface area contributed by atoms with Crippen LogP contribution < -0.4 is 4.74 Å². The highest BCUT2D eigenvalue weighted by Gasteiger charge is 2.33. The standard InChI is InChI=1S/C19H12BrCl2NO4S2/c20-12-5-10(7-16-18(26)23(8-17(24)25)19(28)29-16)2-4-15(12)27-9-11-1-3-13(21)14(22)6-11/h1-7H,8-9H2,(H,24,25)/b16-7+. The number of nitrogens with zero attached hydrogens (tertiary/aromatic N) is 1. The van der Waals surface area contributed by atoms with Gasteiger partial charge in [-0.3, -0.25) is 14.5 Å². The van der Waals surface area contributed by atoms with E-state index in [1.54, 1.807) is 36.4 Å². The van der Waals surface area contributed by atoms with Crippen molar-refractivity contribution in [2.24, 2.45) is 0 Å². The monoisotopic (exact) mass is 531 g/mol. The summed E-state index contributed by atoms with van der Waals surface area (Å²) >= 11 is 21.5. The zero-order chi connectivity index (χ0) is 21.1. The minimum atomic E-state index is -1.12. The van der Waals surface area contributed by atoms with E-state index in [0.29, 0.717) is 31.8 Å². The molecule has 10 heteroatoms. The molecule has 0 unspecified atom stereocenters. The van der Waals surface area contributed by atoms with Crippen LogP contribution in [0.3, 0.4) is 0 Å². The molecule has 0 bridgehead atoms. The lowest BCUT2D eigenvalue weighted by Gasteiger charge is -2.10. The summed E-state index contributed by atoms with van der Waals surface area (Å²) < 4.78 is 6.73. The van der Waals surface area contributed by atoms with Crippen molar-refractivity contribution in [3.8, 4) is 5.75 Å². The highest BCUT2D eigenvalue weighted by Crippen LogP contribution is 2.34. The molecule has 1 saturated heterocycles. The van der Waals surface area contributed by atoms with Crippen molar-refractivity contribution in [3.05, 3.63) is 66.9 Å². The predicted octanol–water partition coefficient (Wildman–Crippen LogP) is 5.62. The van der Waals surface area contributed by atoms with Crippen LogP contribution in [0.15, 0.2) is 45.8 Å². The van der Waals surface area contributed by atoms with Gasteiger partial charge in [-0.05, 0) is 57.4 Å². The van der Waals surface area contributed by atoms with Crippen LogP contribution in [0.4, 0.5) is 0 Å². The van der Waals surface area contributed by atoms with E-state index in [9.17, 15) is 9.59 Å². The molecule has 29 heavy (non-hydrogen) atoms. The Hall–Kier alpha value is -1.58. The largest absolute Gasteiger partial charge is 0.488 e. The Morgan fingerprint density at radius 3 is 2.66 bits per heavy atom. The van der Waals surface area contributed by atoms with Crippen LogP contribution in [0.5, 0.6) is 5.75 Å². The molecule has 1 fully saturated rings. The van der Waals surface area contributed by atoms with Gasteiger partial charge < -0.3 is 9.84 Å². The number of hydrogen-bond donors (Lipinski definition) is 1. The Morgan fingerprint density at radius 1 is 1.24 bits per heavy atom. The summed E-state index contributed by atoms with van der Waals surface area (Å²) in [6.45, 7) is -0.143. The van der Waals surface area contributed by atoms with Crippen molar-refractivity contribution < 1.29 is 19.4 Å². The van der Waals surface area contributed by atoms with Crippen LogP contribution in [0, 0.1) is 0 Å². The Morgan fingerprint density at radius 2 is 2.00 bits per heavy atom. The third-order valence-electron chi connectivity index (χ3n) is 3.80. The second-order valence-electron chi connectivity index (χ2n) is 5.89. The van der Waals surface area contributed by atoms with Gasteiger partial charge in [-0.25, -0.2) is 0 Å². The van der Waals surface area contributed by atoms with Gasteiger partial charge in [0.05, 0.1) is 19.4 Å². The van der Waals surface area contributed by atoms with Crippen LogP contribution in [0.1, 0.15) is 11.1 Å². The molecule has 3 rings (SSSR count). The fourth-order valence-corrected chi connectivity index (χ4v) is 4.52. The second-order valence-corrected chi connectivity index (χ2v) is 9.23. The summed E-state index contributed by atoms with van der Waals surface area (Å²) in [6, 6.07) is 10.6. The van der Waals surface area contributed by atoms with E-state index in [1.807, 2.05) is 6.07 Å². The van der Waals surface area contributed by atoms with Gasteiger partial charge >= 0.3 is 5.97 Å². The maximum absolute atomic E-state index is 12.3. The Balaban J connectivity index is 1.71. The van der Waals surface area contributed by atoms with Gasteiger partial charge in [-0.15, -0.1) is 0 Å². The first-order valence-electron chi connectivity index (χ1n) is 8.08. The van der Waals surface area contributed by atoms with E-state index in [1.165, 1.54) is 0 Å². The van der Waals surface area contributed by atoms with Crippen molar-refractivity contribution in [2.45, 2.75) is 6.61 Å². The van der Waals surface area contributed by atoms with E-state index in [-0.39, 0.29) is 4.32 Å². The fourth-order valence-electron chi connectivity index (χ4n) is 2.44. The number of hydrogen-bond acceptors (Lipinski definition) is 5. The Kier molecular flexibility index (Phi) is 7.23. The molecule has 0 spiro atoms. The number of amides is 1. The molecule has 0 saturated carbocycles. The highest BCUT2D eigenvalue weighted by molar-refractivity contribution is 9.10. The van der Waals surface area contributed by atoms with Crippen molar-refractivity contribution in [3.63, 3.8) is 0 Å². The van der Waals surface area contributed by atoms with Gasteiger partial charge in [0, 0.05) is 0 Å². The summed E-state index contributed by atoms with van der Waals surface area (Å²) in [5, 5.41) is 9.84. The van der Waals surface area contributed by atoms with Gasteiger partial charge in [0.1, 0.15) is 23.2 Å². The average molecular weight is 533 g/mol. The number of benzene rings is 2. The summed E-state index contributed by atoms with van der Waals surface area (Å²) in [5.74, 6) is -0.918. The molecule has 5 nitrogen and oxygen atoms in total. The average Bonchev–Trinajstić information content (AvgIpc) is 2.91. The zero-order valence-electron chi connectivity index (χ0n) is 14.5. The van der Waals surface area contributed by atoms with Crippen LogP contribution in [0.2, 0.25) is 10.0 Å². The lowest BCUT2D eigenvalue weighted by atomic mass is 10.2. The number of rotatable bonds is 6. The first-order valence-corrected chi connectivity index (χ1v) is 10.9. The maximum atomic E-state index is 12.3. The lowest BCUT2D eigenvalue weighted by Crippen LogP contribution is -2.33. The van der Waals surface area contributed by atoms with Crippen LogP contribution in [0.25, 0.3) is 6.08 Å². The molecule has 150 valence electrons. The topological polar surface area (TPSA) is 66.8 Å². The first-order chi connectivity index (χ1) is 13.7. The van der Waals surface area contributed by atoms with Crippen LogP contribution >= 0.6 is 63.1 Å². The number of carboxylic acids is 1. The SMILES string of the molecule is O=C(O)CN1C(=O)/C(=C\c2ccc(OCc3ccc(Cl)c(Cl)c3)c(Br)c2)SC1=S. The quantitative estimate of drug-likeness (QED) is 0.384. The van der Waals surface area contributed by atoms with Gasteiger partial charge in [0.25, 0.3) is 5.91 Å². The number of carbonyl (C=O) groups excluding carboxylic acids is 1. The smallest absolute Gasteiger partial charge is 0.323 e. The third-order valence-corrected chi connectivity index (χ3v) is 6.54. The summed E-state index contributed by atoms with van der Waals surface area (Å²) in [5.41, 5.74) is 1.62. The number of thioether (sulfide) groups is 1. The third kappa shape index (κ3) is 5.52. The predicted molar refractivity (Wildman–Crippen MR) is 122 cm³/mol. The van der Waals surface area contributed by atoms with Gasteiger partial charge in [-0.1, -0.05) is 59.3 Å². The van der Waals surface area contributed by atoms with Crippen molar-refractivity contribution in [1.82, 2.24) is 4.90 Å². The van der Waals surface area contributed by atoms with Crippen LogP contribution in [-0.4, -0.2) is 32.7 Å². The molecule has 1 aliphatic rings. The van der Waals surface area contributed by atoms with E-state index < -0.39 is 18.4 Å². The molecular formula is C19H12BrCl2NO4S2. The molecular weight excluding hydrogens is 521 g/mol. The minimum Gasteiger partial charge on any atom is -0.488 e. The molecule has 0 aliphatic carbocycles. The van der Waals surface area contributed by atoms with Crippen molar-refractivity contribution >= 4 is 85.4 Å². The number of aliphatic carboxylic acids is 1. The molecule has 2 aromatic rings. The van der Waals surface area contributed by atoms with Crippen molar-refractivity contribution in [1.29, 1.82) is 0 Å². The normalized spacial score (nSPS) is 15.3. The molecule has 0 radical (unpaired) electrons. The van der Waals surface area contributed by atoms with E-state index in [0.717, 1.165) is 27.8 Å². The molecule has 0 atom stereocenters. The minimum absolute atomic E-state index is 0.226. The number of halogens is 3. The highest BCUT2D eigenvalue weighted by atomic mass is 79.9. The molecule has 2 aromatic carbocycles. The van der Waals surface area contributed by atoms with Gasteiger partial charge in [0.2, 0.25) is 0 Å². The number of ether oxygens (including phenoxy) is 1. The second kappa shape index (κ2) is 9.49. The van der Waals surface area contributed by atoms with Crippen molar-refractivity contribution in [2.75, 3.05) is 6.54 Å². The van der Waals surface area contributed by atoms with Gasteiger partial charge in [-0.2, -0.15) is 0 Å². The number of carboxylic acid groups (broad SMARTS) is 1. The summed E-state index contributed by atoms with van der Waals surface area (Å²) in [6.07, 6.45) is 1.66. The molecule has 0 aromatic heterocycles. The lowest BCUT2D eigenvalue weighted by molar-refractivity contribution is -0.140. The maximum Gasteiger partial charge on any atom is 0.323 e. The Labute approximate surface area is 194 Å². The first kappa shape index (κ1) is 22.1. The van der Waals surface area contributed by atoms with Crippen LogP contribution in [-0.2, 0) is 16.2 Å². The van der Waals surface area contributed by atoms with E-state index in [2.05, 4.69) is 15.9 Å². The Bertz CT molecular complexity index is 1040. The summed E-state index contributed by atoms with van der Waals surface area (Å²) in [4.78, 5) is 24.7. The fraction of sp³-hybridized carbons (Fsp3) is 0.105. The molecule has 1 aliphatic heterocycles.